The van der Waals surface area contributed by atoms with E-state index in [1.54, 1.807) is 31.4 Å². The van der Waals surface area contributed by atoms with Crippen LogP contribution >= 0.6 is 0 Å². The van der Waals surface area contributed by atoms with Crippen LogP contribution in [0.15, 0.2) is 102 Å². The molecule has 2 atom stereocenters. The fourth-order valence-corrected chi connectivity index (χ4v) is 4.28. The molecule has 1 aliphatic rings. The first-order valence-corrected chi connectivity index (χ1v) is 11.4. The van der Waals surface area contributed by atoms with E-state index >= 15 is 0 Å². The zero-order valence-electron chi connectivity index (χ0n) is 19.3. The number of hydrogen-bond donors (Lipinski definition) is 3. The van der Waals surface area contributed by atoms with Crippen molar-refractivity contribution in [2.45, 2.75) is 6.10 Å². The van der Waals surface area contributed by atoms with E-state index in [0.717, 1.165) is 22.7 Å². The molecule has 3 N–H and O–H groups in total. The molecule has 0 aliphatic carbocycles. The van der Waals surface area contributed by atoms with Crippen LogP contribution in [0.2, 0.25) is 0 Å². The molecule has 2 unspecified atom stereocenters. The Morgan fingerprint density at radius 2 is 1.57 bits per heavy atom. The second-order valence-corrected chi connectivity index (χ2v) is 8.32. The van der Waals surface area contributed by atoms with Gasteiger partial charge in [0.2, 0.25) is 0 Å². The monoisotopic (exact) mass is 466 g/mol. The molecule has 0 saturated carbocycles. The van der Waals surface area contributed by atoms with Gasteiger partial charge >= 0.3 is 0 Å². The lowest BCUT2D eigenvalue weighted by molar-refractivity contribution is 0.172. The second-order valence-electron chi connectivity index (χ2n) is 8.32. The van der Waals surface area contributed by atoms with Crippen molar-refractivity contribution in [3.63, 3.8) is 0 Å². The Bertz CT molecular complexity index is 1330. The first kappa shape index (κ1) is 22.3. The third kappa shape index (κ3) is 4.77. The van der Waals surface area contributed by atoms with E-state index < -0.39 is 6.10 Å². The standard InChI is InChI=1S/C29H26N2O4/c1-34-22-16-12-20(13-17-22)30-18-24-28(19-10-14-21(32)15-11-19)31-25-7-3-5-9-27(25)35-29(24)23-6-2-4-8-26(23)33/h2-17,24,29-30,32-33H,18H2,1H3. The van der Waals surface area contributed by atoms with Crippen molar-refractivity contribution in [3.8, 4) is 23.0 Å². The van der Waals surface area contributed by atoms with Gasteiger partial charge in [0, 0.05) is 17.8 Å². The average molecular weight is 467 g/mol. The molecule has 0 radical (unpaired) electrons. The molecule has 0 bridgehead atoms. The first-order chi connectivity index (χ1) is 17.1. The van der Waals surface area contributed by atoms with Gasteiger partial charge < -0.3 is 25.0 Å². The minimum Gasteiger partial charge on any atom is -0.508 e. The maximum atomic E-state index is 10.8. The van der Waals surface area contributed by atoms with Crippen molar-refractivity contribution in [3.05, 3.63) is 108 Å². The molecule has 4 aromatic rings. The summed E-state index contributed by atoms with van der Waals surface area (Å²) in [6, 6.07) is 29.6. The molecule has 0 spiro atoms. The van der Waals surface area contributed by atoms with Crippen molar-refractivity contribution in [1.29, 1.82) is 0 Å². The van der Waals surface area contributed by atoms with Gasteiger partial charge in [0.05, 0.1) is 18.7 Å². The smallest absolute Gasteiger partial charge is 0.145 e. The Balaban J connectivity index is 1.61. The van der Waals surface area contributed by atoms with Crippen molar-refractivity contribution in [2.24, 2.45) is 10.9 Å². The second kappa shape index (κ2) is 9.81. The van der Waals surface area contributed by atoms with E-state index in [1.165, 1.54) is 0 Å². The van der Waals surface area contributed by atoms with Crippen LogP contribution in [0.5, 0.6) is 23.0 Å². The largest absolute Gasteiger partial charge is 0.508 e. The Labute approximate surface area is 204 Å². The molecular formula is C29H26N2O4. The highest BCUT2D eigenvalue weighted by molar-refractivity contribution is 6.05. The molecule has 1 aliphatic heterocycles. The number of ether oxygens (including phenoxy) is 2. The van der Waals surface area contributed by atoms with E-state index in [9.17, 15) is 10.2 Å². The lowest BCUT2D eigenvalue weighted by Crippen LogP contribution is -2.32. The molecule has 35 heavy (non-hydrogen) atoms. The maximum Gasteiger partial charge on any atom is 0.145 e. The highest BCUT2D eigenvalue weighted by Crippen LogP contribution is 2.42. The van der Waals surface area contributed by atoms with Crippen LogP contribution in [-0.4, -0.2) is 29.6 Å². The fourth-order valence-electron chi connectivity index (χ4n) is 4.28. The van der Waals surface area contributed by atoms with E-state index in [4.69, 9.17) is 14.5 Å². The molecule has 6 nitrogen and oxygen atoms in total. The molecule has 176 valence electrons. The molecule has 0 aromatic heterocycles. The maximum absolute atomic E-state index is 10.8. The van der Waals surface area contributed by atoms with Gasteiger partial charge in [-0.05, 0) is 72.3 Å². The van der Waals surface area contributed by atoms with Gasteiger partial charge in [-0.3, -0.25) is 0 Å². The number of phenols is 2. The van der Waals surface area contributed by atoms with E-state index in [-0.39, 0.29) is 17.4 Å². The van der Waals surface area contributed by atoms with Crippen LogP contribution in [-0.2, 0) is 0 Å². The van der Waals surface area contributed by atoms with Crippen molar-refractivity contribution >= 4 is 17.1 Å². The van der Waals surface area contributed by atoms with Gasteiger partial charge in [0.15, 0.2) is 0 Å². The van der Waals surface area contributed by atoms with Crippen LogP contribution in [0.25, 0.3) is 0 Å². The highest BCUT2D eigenvalue weighted by Gasteiger charge is 2.35. The summed E-state index contributed by atoms with van der Waals surface area (Å²) in [7, 11) is 1.64. The predicted octanol–water partition coefficient (Wildman–Crippen LogP) is 6.09. The Morgan fingerprint density at radius 3 is 2.31 bits per heavy atom. The van der Waals surface area contributed by atoms with Crippen LogP contribution in [0.1, 0.15) is 17.2 Å². The topological polar surface area (TPSA) is 83.3 Å². The van der Waals surface area contributed by atoms with Gasteiger partial charge in [-0.1, -0.05) is 30.3 Å². The predicted molar refractivity (Wildman–Crippen MR) is 137 cm³/mol. The Morgan fingerprint density at radius 1 is 0.857 bits per heavy atom. The Hall–Kier alpha value is -4.45. The molecular weight excluding hydrogens is 440 g/mol. The number of benzene rings is 4. The summed E-state index contributed by atoms with van der Waals surface area (Å²) in [4.78, 5) is 5.03. The van der Waals surface area contributed by atoms with E-state index in [0.29, 0.717) is 23.5 Å². The van der Waals surface area contributed by atoms with Gasteiger partial charge in [-0.25, -0.2) is 4.99 Å². The van der Waals surface area contributed by atoms with Crippen LogP contribution in [0.3, 0.4) is 0 Å². The number of nitrogens with one attached hydrogen (secondary N) is 1. The van der Waals surface area contributed by atoms with Crippen LogP contribution < -0.4 is 14.8 Å². The number of para-hydroxylation sites is 3. The summed E-state index contributed by atoms with van der Waals surface area (Å²) in [6.07, 6.45) is -0.516. The average Bonchev–Trinajstić information content (AvgIpc) is 3.05. The first-order valence-electron chi connectivity index (χ1n) is 11.4. The minimum atomic E-state index is -0.516. The van der Waals surface area contributed by atoms with E-state index in [2.05, 4.69) is 5.32 Å². The number of methoxy groups -OCH3 is 1. The number of aliphatic imine (C=N–C) groups is 1. The number of nitrogens with zero attached hydrogens (tertiary/aromatic N) is 1. The van der Waals surface area contributed by atoms with Crippen molar-refractivity contribution in [1.82, 2.24) is 0 Å². The number of anilines is 1. The SMILES string of the molecule is COc1ccc(NCC2C(c3ccc(O)cc3)=Nc3ccccc3OC2c2ccccc2O)cc1. The molecule has 0 saturated heterocycles. The van der Waals surface area contributed by atoms with Gasteiger partial charge in [-0.15, -0.1) is 0 Å². The highest BCUT2D eigenvalue weighted by atomic mass is 16.5. The number of aromatic hydroxyl groups is 2. The number of hydrogen-bond acceptors (Lipinski definition) is 6. The lowest BCUT2D eigenvalue weighted by atomic mass is 9.87. The normalized spacial score (nSPS) is 16.9. The quantitative estimate of drug-likeness (QED) is 0.320. The summed E-state index contributed by atoms with van der Waals surface area (Å²) < 4.78 is 11.8. The van der Waals surface area contributed by atoms with Gasteiger partial charge in [0.25, 0.3) is 0 Å². The molecule has 1 heterocycles. The number of fused-ring (bicyclic) bond motifs is 1. The number of rotatable bonds is 6. The van der Waals surface area contributed by atoms with Gasteiger partial charge in [0.1, 0.15) is 34.8 Å². The van der Waals surface area contributed by atoms with E-state index in [1.807, 2.05) is 72.8 Å². The van der Waals surface area contributed by atoms with Gasteiger partial charge in [-0.2, -0.15) is 0 Å². The summed E-state index contributed by atoms with van der Waals surface area (Å²) in [5.41, 5.74) is 3.98. The summed E-state index contributed by atoms with van der Waals surface area (Å²) in [5.74, 6) is 1.50. The molecule has 4 aromatic carbocycles. The summed E-state index contributed by atoms with van der Waals surface area (Å²) in [6.45, 7) is 0.485. The third-order valence-electron chi connectivity index (χ3n) is 6.10. The third-order valence-corrected chi connectivity index (χ3v) is 6.10. The Kier molecular flexibility index (Phi) is 6.26. The molecule has 0 amide bonds. The minimum absolute atomic E-state index is 0.163. The van der Waals surface area contributed by atoms with Crippen molar-refractivity contribution < 1.29 is 19.7 Å². The fraction of sp³-hybridized carbons (Fsp3) is 0.138. The van der Waals surface area contributed by atoms with Crippen molar-refractivity contribution in [2.75, 3.05) is 19.0 Å². The molecule has 5 rings (SSSR count). The zero-order valence-corrected chi connectivity index (χ0v) is 19.3. The molecule has 0 fully saturated rings. The zero-order chi connectivity index (χ0) is 24.2. The molecule has 6 heteroatoms. The van der Waals surface area contributed by atoms with Crippen LogP contribution in [0.4, 0.5) is 11.4 Å². The summed E-state index contributed by atoms with van der Waals surface area (Å²) in [5, 5.41) is 24.1. The van der Waals surface area contributed by atoms with Crippen LogP contribution in [0, 0.1) is 5.92 Å². The number of phenolic OH excluding ortho intramolecular Hbond substituents is 2. The lowest BCUT2D eigenvalue weighted by Gasteiger charge is -2.29. The summed E-state index contributed by atoms with van der Waals surface area (Å²) >= 11 is 0.